The van der Waals surface area contributed by atoms with Crippen LogP contribution in [-0.4, -0.2) is 27.8 Å². The van der Waals surface area contributed by atoms with Gasteiger partial charge in [-0.15, -0.1) is 0 Å². The number of carbonyl (C=O) groups excluding carboxylic acids is 2. The Morgan fingerprint density at radius 1 is 1.11 bits per heavy atom. The van der Waals surface area contributed by atoms with Crippen molar-refractivity contribution in [3.05, 3.63) is 46.0 Å². The second-order valence-corrected chi connectivity index (χ2v) is 13.2. The lowest BCUT2D eigenvalue weighted by atomic mass is 9.34. The molecule has 1 heterocycles. The van der Waals surface area contributed by atoms with Crippen LogP contribution in [0.3, 0.4) is 0 Å². The summed E-state index contributed by atoms with van der Waals surface area (Å²) in [6.07, 6.45) is 6.84. The van der Waals surface area contributed by atoms with Gasteiger partial charge in [0.15, 0.2) is 0 Å². The number of rotatable bonds is 4. The average Bonchev–Trinajstić information content (AvgIpc) is 3.15. The molecule has 202 valence electrons. The Kier molecular flexibility index (Phi) is 5.31. The third-order valence-electron chi connectivity index (χ3n) is 11.5. The molecule has 2 amide bonds. The minimum Gasteiger partial charge on any atom is -0.481 e. The van der Waals surface area contributed by atoms with Crippen molar-refractivity contribution in [1.29, 1.82) is 0 Å². The lowest BCUT2D eigenvalue weighted by Crippen LogP contribution is -2.65. The summed E-state index contributed by atoms with van der Waals surface area (Å²) in [5.74, 6) is -2.32. The van der Waals surface area contributed by atoms with E-state index < -0.39 is 33.6 Å². The predicted molar refractivity (Wildman–Crippen MR) is 140 cm³/mol. The number of allylic oxidation sites excluding steroid dienone is 2. The number of benzene rings is 1. The molecule has 8 atom stereocenters. The second kappa shape index (κ2) is 7.99. The SMILES string of the molecule is CC(C)C1=C[C@]23CC[C@@H]4[C@](C)(CCC[C@@]4(C)C(=O)O)[C@@H]2C[C@@H]1[C@H]1C(=O)N(c2ccccc2[N+](=O)[O-])C(=O)[C@@H]13. The van der Waals surface area contributed by atoms with Gasteiger partial charge in [-0.3, -0.25) is 24.5 Å². The number of amides is 2. The first kappa shape index (κ1) is 25.3. The number of nitro benzene ring substituents is 1. The van der Waals surface area contributed by atoms with E-state index in [1.54, 1.807) is 12.1 Å². The van der Waals surface area contributed by atoms with Crippen LogP contribution in [0.2, 0.25) is 0 Å². The van der Waals surface area contributed by atoms with Gasteiger partial charge < -0.3 is 5.11 Å². The molecule has 1 N–H and O–H groups in total. The molecule has 3 saturated carbocycles. The quantitative estimate of drug-likeness (QED) is 0.239. The van der Waals surface area contributed by atoms with Crippen molar-refractivity contribution in [2.24, 2.45) is 51.8 Å². The molecule has 1 aromatic carbocycles. The topological polar surface area (TPSA) is 118 Å². The van der Waals surface area contributed by atoms with Crippen LogP contribution < -0.4 is 4.90 Å². The van der Waals surface area contributed by atoms with E-state index in [0.717, 1.165) is 24.2 Å². The molecule has 1 aromatic rings. The summed E-state index contributed by atoms with van der Waals surface area (Å²) in [6.45, 7) is 8.39. The Morgan fingerprint density at radius 2 is 1.82 bits per heavy atom. The largest absolute Gasteiger partial charge is 0.481 e. The monoisotopic (exact) mass is 520 g/mol. The fraction of sp³-hybridized carbons (Fsp3) is 0.633. The van der Waals surface area contributed by atoms with Gasteiger partial charge >= 0.3 is 5.97 Å². The van der Waals surface area contributed by atoms with E-state index in [9.17, 15) is 29.6 Å². The van der Waals surface area contributed by atoms with Gasteiger partial charge in [-0.1, -0.05) is 51.0 Å². The minimum atomic E-state index is -0.804. The molecule has 7 rings (SSSR count). The van der Waals surface area contributed by atoms with Crippen LogP contribution in [0.5, 0.6) is 0 Å². The van der Waals surface area contributed by atoms with Crippen molar-refractivity contribution >= 4 is 29.2 Å². The van der Waals surface area contributed by atoms with Gasteiger partial charge in [-0.25, -0.2) is 4.90 Å². The third-order valence-corrected chi connectivity index (χ3v) is 11.5. The molecule has 4 fully saturated rings. The number of imide groups is 1. The standard InChI is InChI=1S/C30H36N2O6/c1-16(2)18-15-30-13-10-21-28(3,11-7-12-29(21,4)27(35)36)22(30)14-17(18)23-24(30)26(34)31(25(23)33)19-8-5-6-9-20(19)32(37)38/h5-6,8-9,15-17,21-24H,7,10-14H2,1-4H3,(H,35,36)/t17-,21+,22-,23+,24+,28-,29+,30+/m0/s1. The molecule has 1 spiro atoms. The Labute approximate surface area is 222 Å². The fourth-order valence-electron chi connectivity index (χ4n) is 10.0. The summed E-state index contributed by atoms with van der Waals surface area (Å²) < 4.78 is 0. The van der Waals surface area contributed by atoms with Crippen LogP contribution in [0.25, 0.3) is 0 Å². The van der Waals surface area contributed by atoms with Gasteiger partial charge in [-0.05, 0) is 74.2 Å². The molecule has 0 aromatic heterocycles. The molecule has 5 aliphatic carbocycles. The van der Waals surface area contributed by atoms with Crippen molar-refractivity contribution in [2.75, 3.05) is 4.90 Å². The normalized spacial score (nSPS) is 41.4. The summed E-state index contributed by atoms with van der Waals surface area (Å²) in [5, 5.41) is 22.1. The van der Waals surface area contributed by atoms with Crippen LogP contribution in [0.1, 0.15) is 66.2 Å². The van der Waals surface area contributed by atoms with Crippen molar-refractivity contribution in [3.8, 4) is 0 Å². The molecule has 8 heteroatoms. The summed E-state index contributed by atoms with van der Waals surface area (Å²) in [7, 11) is 0. The summed E-state index contributed by atoms with van der Waals surface area (Å²) in [6, 6.07) is 6.00. The smallest absolute Gasteiger partial charge is 0.309 e. The van der Waals surface area contributed by atoms with E-state index in [-0.39, 0.29) is 52.3 Å². The number of hydrogen-bond donors (Lipinski definition) is 1. The molecular weight excluding hydrogens is 484 g/mol. The number of fused-ring (bicyclic) bond motifs is 1. The van der Waals surface area contributed by atoms with Gasteiger partial charge in [0.2, 0.25) is 11.8 Å². The van der Waals surface area contributed by atoms with E-state index in [0.29, 0.717) is 19.3 Å². The van der Waals surface area contributed by atoms with Gasteiger partial charge in [0.25, 0.3) is 5.69 Å². The molecule has 38 heavy (non-hydrogen) atoms. The van der Waals surface area contributed by atoms with E-state index in [1.165, 1.54) is 17.7 Å². The first-order valence-corrected chi connectivity index (χ1v) is 14.0. The fourth-order valence-corrected chi connectivity index (χ4v) is 10.0. The van der Waals surface area contributed by atoms with E-state index in [2.05, 4.69) is 26.8 Å². The minimum absolute atomic E-state index is 0.00379. The zero-order valence-corrected chi connectivity index (χ0v) is 22.5. The predicted octanol–water partition coefficient (Wildman–Crippen LogP) is 5.61. The van der Waals surface area contributed by atoms with E-state index in [4.69, 9.17) is 0 Å². The number of carboxylic acids is 1. The highest BCUT2D eigenvalue weighted by atomic mass is 16.6. The van der Waals surface area contributed by atoms with Crippen molar-refractivity contribution < 1.29 is 24.4 Å². The summed E-state index contributed by atoms with van der Waals surface area (Å²) in [5.41, 5.74) is -0.593. The van der Waals surface area contributed by atoms with Crippen LogP contribution >= 0.6 is 0 Å². The molecule has 0 radical (unpaired) electrons. The van der Waals surface area contributed by atoms with Crippen LogP contribution in [0, 0.1) is 61.9 Å². The number of anilines is 1. The van der Waals surface area contributed by atoms with Crippen molar-refractivity contribution in [3.63, 3.8) is 0 Å². The lowest BCUT2D eigenvalue weighted by Gasteiger charge is -2.68. The number of carboxylic acid groups (broad SMARTS) is 1. The molecular formula is C30H36N2O6. The lowest BCUT2D eigenvalue weighted by molar-refractivity contribution is -0.384. The maximum atomic E-state index is 14.3. The van der Waals surface area contributed by atoms with Crippen molar-refractivity contribution in [2.45, 2.75) is 66.2 Å². The molecule has 1 saturated heterocycles. The number of nitro groups is 1. The van der Waals surface area contributed by atoms with Gasteiger partial charge in [0.1, 0.15) is 5.69 Å². The van der Waals surface area contributed by atoms with Gasteiger partial charge in [0.05, 0.1) is 22.2 Å². The number of hydrogen-bond acceptors (Lipinski definition) is 5. The zero-order valence-electron chi connectivity index (χ0n) is 22.5. The highest BCUT2D eigenvalue weighted by molar-refractivity contribution is 6.23. The number of para-hydroxylation sites is 2. The Hall–Kier alpha value is -3.03. The maximum absolute atomic E-state index is 14.3. The summed E-state index contributed by atoms with van der Waals surface area (Å²) >= 11 is 0. The first-order valence-electron chi connectivity index (χ1n) is 14.0. The van der Waals surface area contributed by atoms with Crippen LogP contribution in [-0.2, 0) is 14.4 Å². The number of aliphatic carboxylic acids is 1. The molecule has 1 aliphatic heterocycles. The molecule has 0 unspecified atom stereocenters. The third kappa shape index (κ3) is 2.94. The highest BCUT2D eigenvalue weighted by Gasteiger charge is 2.73. The van der Waals surface area contributed by atoms with Crippen LogP contribution in [0.4, 0.5) is 11.4 Å². The van der Waals surface area contributed by atoms with Crippen LogP contribution in [0.15, 0.2) is 35.9 Å². The van der Waals surface area contributed by atoms with Gasteiger partial charge in [-0.2, -0.15) is 0 Å². The Balaban J connectivity index is 1.50. The maximum Gasteiger partial charge on any atom is 0.309 e. The van der Waals surface area contributed by atoms with E-state index >= 15 is 0 Å². The molecule has 6 aliphatic rings. The number of nitrogens with zero attached hydrogens (tertiary/aromatic N) is 2. The summed E-state index contributed by atoms with van der Waals surface area (Å²) in [4.78, 5) is 53.3. The Bertz CT molecular complexity index is 1300. The molecule has 2 bridgehead atoms. The van der Waals surface area contributed by atoms with E-state index in [1.807, 2.05) is 6.92 Å². The average molecular weight is 521 g/mol. The van der Waals surface area contributed by atoms with Crippen molar-refractivity contribution in [1.82, 2.24) is 0 Å². The second-order valence-electron chi connectivity index (χ2n) is 13.2. The first-order chi connectivity index (χ1) is 17.9. The molecule has 8 nitrogen and oxygen atoms in total. The number of carbonyl (C=O) groups is 3. The van der Waals surface area contributed by atoms with Gasteiger partial charge in [0, 0.05) is 11.5 Å². The zero-order chi connectivity index (χ0) is 27.4. The highest BCUT2D eigenvalue weighted by Crippen LogP contribution is 2.74. The Morgan fingerprint density at radius 3 is 2.47 bits per heavy atom.